The summed E-state index contributed by atoms with van der Waals surface area (Å²) in [4.78, 5) is 2.43. The Morgan fingerprint density at radius 3 is 2.80 bits per heavy atom. The Bertz CT molecular complexity index is 467. The molecule has 2 atom stereocenters. The standard InChI is InChI=1S/C15H22Br2N2O/c1-10-6-13(4-5-19(10)2)18-9-11-7-12(16)8-14(17)15(11)20-3/h7-8,10,13,18H,4-6,9H2,1-3H3. The summed E-state index contributed by atoms with van der Waals surface area (Å²) >= 11 is 7.09. The Hall–Kier alpha value is -0.100. The fraction of sp³-hybridized carbons (Fsp3) is 0.600. The zero-order valence-electron chi connectivity index (χ0n) is 12.2. The molecule has 0 radical (unpaired) electrons. The second-order valence-electron chi connectivity index (χ2n) is 5.51. The van der Waals surface area contributed by atoms with Gasteiger partial charge in [-0.15, -0.1) is 0 Å². The van der Waals surface area contributed by atoms with E-state index in [1.165, 1.54) is 18.4 Å². The van der Waals surface area contributed by atoms with Crippen molar-refractivity contribution in [3.05, 3.63) is 26.6 Å². The first-order chi connectivity index (χ1) is 9.51. The Morgan fingerprint density at radius 2 is 2.15 bits per heavy atom. The summed E-state index contributed by atoms with van der Waals surface area (Å²) in [7, 11) is 3.92. The maximum absolute atomic E-state index is 5.49. The second kappa shape index (κ2) is 7.25. The van der Waals surface area contributed by atoms with Crippen molar-refractivity contribution in [1.82, 2.24) is 10.2 Å². The van der Waals surface area contributed by atoms with Crippen LogP contribution < -0.4 is 10.1 Å². The Balaban J connectivity index is 2.00. The van der Waals surface area contributed by atoms with Crippen molar-refractivity contribution in [2.24, 2.45) is 0 Å². The third-order valence-electron chi connectivity index (χ3n) is 4.08. The molecule has 0 amide bonds. The molecule has 20 heavy (non-hydrogen) atoms. The molecule has 1 saturated heterocycles. The van der Waals surface area contributed by atoms with E-state index in [1.807, 2.05) is 6.07 Å². The van der Waals surface area contributed by atoms with Crippen LogP contribution in [0, 0.1) is 0 Å². The number of hydrogen-bond donors (Lipinski definition) is 1. The Kier molecular flexibility index (Phi) is 5.90. The number of nitrogens with one attached hydrogen (secondary N) is 1. The van der Waals surface area contributed by atoms with Gasteiger partial charge in [-0.25, -0.2) is 0 Å². The van der Waals surface area contributed by atoms with Gasteiger partial charge < -0.3 is 15.0 Å². The minimum absolute atomic E-state index is 0.587. The van der Waals surface area contributed by atoms with E-state index in [9.17, 15) is 0 Å². The Labute approximate surface area is 138 Å². The molecule has 1 aromatic rings. The van der Waals surface area contributed by atoms with Crippen LogP contribution in [-0.4, -0.2) is 37.7 Å². The Morgan fingerprint density at radius 1 is 1.40 bits per heavy atom. The molecule has 1 heterocycles. The summed E-state index contributed by atoms with van der Waals surface area (Å²) in [5, 5.41) is 3.67. The van der Waals surface area contributed by atoms with Crippen LogP contribution in [0.5, 0.6) is 5.75 Å². The first-order valence-electron chi connectivity index (χ1n) is 6.96. The fourth-order valence-corrected chi connectivity index (χ4v) is 4.18. The van der Waals surface area contributed by atoms with E-state index >= 15 is 0 Å². The summed E-state index contributed by atoms with van der Waals surface area (Å²) in [6.07, 6.45) is 2.41. The summed E-state index contributed by atoms with van der Waals surface area (Å²) in [6, 6.07) is 5.37. The lowest BCUT2D eigenvalue weighted by Gasteiger charge is -2.35. The van der Waals surface area contributed by atoms with Gasteiger partial charge in [0.1, 0.15) is 5.75 Å². The number of methoxy groups -OCH3 is 1. The molecule has 112 valence electrons. The van der Waals surface area contributed by atoms with Crippen LogP contribution in [0.1, 0.15) is 25.3 Å². The summed E-state index contributed by atoms with van der Waals surface area (Å²) in [6.45, 7) is 4.30. The predicted molar refractivity (Wildman–Crippen MR) is 90.3 cm³/mol. The molecule has 0 bridgehead atoms. The van der Waals surface area contributed by atoms with Crippen LogP contribution in [0.15, 0.2) is 21.1 Å². The number of halogens is 2. The summed E-state index contributed by atoms with van der Waals surface area (Å²) in [5.74, 6) is 0.918. The van der Waals surface area contributed by atoms with Gasteiger partial charge in [-0.3, -0.25) is 0 Å². The van der Waals surface area contributed by atoms with Gasteiger partial charge in [0, 0.05) is 28.7 Å². The molecular formula is C15H22Br2N2O. The van der Waals surface area contributed by atoms with Gasteiger partial charge in [-0.05, 0) is 61.4 Å². The van der Waals surface area contributed by atoms with Gasteiger partial charge >= 0.3 is 0 Å². The van der Waals surface area contributed by atoms with Crippen molar-refractivity contribution in [1.29, 1.82) is 0 Å². The van der Waals surface area contributed by atoms with Crippen LogP contribution in [0.3, 0.4) is 0 Å². The van der Waals surface area contributed by atoms with Crippen LogP contribution in [0.4, 0.5) is 0 Å². The van der Waals surface area contributed by atoms with Crippen LogP contribution >= 0.6 is 31.9 Å². The third-order valence-corrected chi connectivity index (χ3v) is 5.13. The number of benzene rings is 1. The molecule has 0 saturated carbocycles. The minimum Gasteiger partial charge on any atom is -0.495 e. The average molecular weight is 406 g/mol. The molecule has 2 unspecified atom stereocenters. The zero-order valence-corrected chi connectivity index (χ0v) is 15.4. The van der Waals surface area contributed by atoms with Crippen LogP contribution in [0.2, 0.25) is 0 Å². The van der Waals surface area contributed by atoms with Gasteiger partial charge in [0.15, 0.2) is 0 Å². The number of piperidine rings is 1. The summed E-state index contributed by atoms with van der Waals surface area (Å²) < 4.78 is 7.55. The molecule has 2 rings (SSSR count). The monoisotopic (exact) mass is 404 g/mol. The topological polar surface area (TPSA) is 24.5 Å². The zero-order chi connectivity index (χ0) is 14.7. The predicted octanol–water partition coefficient (Wildman–Crippen LogP) is 3.79. The van der Waals surface area contributed by atoms with E-state index in [-0.39, 0.29) is 0 Å². The third kappa shape index (κ3) is 3.97. The lowest BCUT2D eigenvalue weighted by Crippen LogP contribution is -2.45. The highest BCUT2D eigenvalue weighted by Crippen LogP contribution is 2.32. The molecule has 0 aliphatic carbocycles. The van der Waals surface area contributed by atoms with E-state index in [4.69, 9.17) is 4.74 Å². The second-order valence-corrected chi connectivity index (χ2v) is 7.28. The van der Waals surface area contributed by atoms with Crippen molar-refractivity contribution >= 4 is 31.9 Å². The van der Waals surface area contributed by atoms with Crippen LogP contribution in [0.25, 0.3) is 0 Å². The molecule has 0 spiro atoms. The van der Waals surface area contributed by atoms with Crippen LogP contribution in [-0.2, 0) is 6.54 Å². The highest BCUT2D eigenvalue weighted by atomic mass is 79.9. The van der Waals surface area contributed by atoms with Crippen molar-refractivity contribution in [3.63, 3.8) is 0 Å². The van der Waals surface area contributed by atoms with Gasteiger partial charge in [0.2, 0.25) is 0 Å². The molecule has 1 aliphatic rings. The van der Waals surface area contributed by atoms with Crippen molar-refractivity contribution in [2.45, 2.75) is 38.4 Å². The lowest BCUT2D eigenvalue weighted by molar-refractivity contribution is 0.168. The van der Waals surface area contributed by atoms with Gasteiger partial charge in [-0.2, -0.15) is 0 Å². The van der Waals surface area contributed by atoms with Gasteiger partial charge in [0.25, 0.3) is 0 Å². The van der Waals surface area contributed by atoms with Gasteiger partial charge in [-0.1, -0.05) is 15.9 Å². The van der Waals surface area contributed by atoms with Crippen molar-refractivity contribution in [3.8, 4) is 5.75 Å². The lowest BCUT2D eigenvalue weighted by atomic mass is 9.98. The molecule has 1 aliphatic heterocycles. The SMILES string of the molecule is COc1c(Br)cc(Br)cc1CNC1CCN(C)C(C)C1. The highest BCUT2D eigenvalue weighted by molar-refractivity contribution is 9.11. The molecule has 3 nitrogen and oxygen atoms in total. The number of likely N-dealkylation sites (tertiary alicyclic amines) is 1. The number of hydrogen-bond acceptors (Lipinski definition) is 3. The molecular weight excluding hydrogens is 384 g/mol. The summed E-state index contributed by atoms with van der Waals surface area (Å²) in [5.41, 5.74) is 1.18. The maximum Gasteiger partial charge on any atom is 0.137 e. The van der Waals surface area contributed by atoms with E-state index < -0.39 is 0 Å². The molecule has 0 aromatic heterocycles. The number of nitrogens with zero attached hydrogens (tertiary/aromatic N) is 1. The number of rotatable bonds is 4. The number of ether oxygens (including phenoxy) is 1. The van der Waals surface area contributed by atoms with E-state index in [0.29, 0.717) is 12.1 Å². The first-order valence-corrected chi connectivity index (χ1v) is 8.55. The molecule has 5 heteroatoms. The largest absolute Gasteiger partial charge is 0.495 e. The molecule has 1 fully saturated rings. The first kappa shape index (κ1) is 16.3. The normalized spacial score (nSPS) is 23.9. The van der Waals surface area contributed by atoms with Crippen molar-refractivity contribution < 1.29 is 4.74 Å². The van der Waals surface area contributed by atoms with Gasteiger partial charge in [0.05, 0.1) is 11.6 Å². The smallest absolute Gasteiger partial charge is 0.137 e. The quantitative estimate of drug-likeness (QED) is 0.824. The van der Waals surface area contributed by atoms with E-state index in [0.717, 1.165) is 27.8 Å². The van der Waals surface area contributed by atoms with E-state index in [1.54, 1.807) is 7.11 Å². The highest BCUT2D eigenvalue weighted by Gasteiger charge is 2.22. The average Bonchev–Trinajstić information content (AvgIpc) is 2.39. The maximum atomic E-state index is 5.49. The molecule has 1 aromatic carbocycles. The molecule has 1 N–H and O–H groups in total. The van der Waals surface area contributed by atoms with E-state index in [2.05, 4.69) is 62.1 Å². The minimum atomic E-state index is 0.587. The van der Waals surface area contributed by atoms with Crippen molar-refractivity contribution in [2.75, 3.05) is 20.7 Å². The fourth-order valence-electron chi connectivity index (χ4n) is 2.70.